The molecule has 0 fully saturated rings. The van der Waals surface area contributed by atoms with E-state index in [1.54, 1.807) is 12.1 Å². The molecule has 0 heterocycles. The Bertz CT molecular complexity index is 848. The number of ether oxygens (including phenoxy) is 1. The highest BCUT2D eigenvalue weighted by atomic mass is 19.1. The molecule has 0 aliphatic rings. The van der Waals surface area contributed by atoms with Crippen LogP contribution in [0, 0.1) is 5.82 Å². The second-order valence-corrected chi connectivity index (χ2v) is 6.39. The molecule has 1 atom stereocenters. The number of urea groups is 1. The van der Waals surface area contributed by atoms with Crippen LogP contribution in [0.25, 0.3) is 0 Å². The summed E-state index contributed by atoms with van der Waals surface area (Å²) in [5, 5.41) is 5.84. The molecular weight excluding hydrogens is 355 g/mol. The van der Waals surface area contributed by atoms with Crippen molar-refractivity contribution in [1.29, 1.82) is 0 Å². The first kappa shape index (κ1) is 19.6. The van der Waals surface area contributed by atoms with Crippen molar-refractivity contribution >= 4 is 6.03 Å². The van der Waals surface area contributed by atoms with Crippen molar-refractivity contribution < 1.29 is 13.9 Å². The van der Waals surface area contributed by atoms with E-state index in [4.69, 9.17) is 4.74 Å². The number of amides is 2. The highest BCUT2D eigenvalue weighted by molar-refractivity contribution is 5.75. The highest BCUT2D eigenvalue weighted by Crippen LogP contribution is 2.22. The molecule has 28 heavy (non-hydrogen) atoms. The Kier molecular flexibility index (Phi) is 6.76. The number of hydrogen-bond acceptors (Lipinski definition) is 2. The average Bonchev–Trinajstić information content (AvgIpc) is 2.74. The van der Waals surface area contributed by atoms with Gasteiger partial charge in [0.1, 0.15) is 5.82 Å². The fourth-order valence-electron chi connectivity index (χ4n) is 3.06. The van der Waals surface area contributed by atoms with Crippen LogP contribution >= 0.6 is 0 Å². The second kappa shape index (κ2) is 9.67. The number of carbonyl (C=O) groups is 1. The van der Waals surface area contributed by atoms with E-state index < -0.39 is 6.10 Å². The molecule has 0 radical (unpaired) electrons. The Morgan fingerprint density at radius 2 is 1.46 bits per heavy atom. The zero-order valence-electron chi connectivity index (χ0n) is 15.6. The van der Waals surface area contributed by atoms with Crippen molar-refractivity contribution in [3.63, 3.8) is 0 Å². The fraction of sp³-hybridized carbons (Fsp3) is 0.174. The minimum atomic E-state index is -0.437. The smallest absolute Gasteiger partial charge is 0.315 e. The number of nitrogens with one attached hydrogen (secondary N) is 2. The molecule has 2 amide bonds. The molecule has 4 nitrogen and oxygen atoms in total. The van der Waals surface area contributed by atoms with Gasteiger partial charge in [0.15, 0.2) is 0 Å². The average molecular weight is 378 g/mol. The lowest BCUT2D eigenvalue weighted by atomic mass is 9.99. The van der Waals surface area contributed by atoms with E-state index in [0.29, 0.717) is 5.56 Å². The van der Waals surface area contributed by atoms with Crippen LogP contribution in [-0.4, -0.2) is 19.7 Å². The van der Waals surface area contributed by atoms with Crippen LogP contribution in [0.3, 0.4) is 0 Å². The van der Waals surface area contributed by atoms with Crippen molar-refractivity contribution in [2.24, 2.45) is 0 Å². The van der Waals surface area contributed by atoms with E-state index in [2.05, 4.69) is 10.6 Å². The van der Waals surface area contributed by atoms with Crippen LogP contribution in [0.5, 0.6) is 0 Å². The molecule has 0 saturated carbocycles. The molecule has 0 bridgehead atoms. The van der Waals surface area contributed by atoms with E-state index in [1.807, 2.05) is 60.7 Å². The minimum absolute atomic E-state index is 0.224. The number of methoxy groups -OCH3 is 1. The van der Waals surface area contributed by atoms with Crippen LogP contribution in [0.1, 0.15) is 28.8 Å². The topological polar surface area (TPSA) is 50.4 Å². The van der Waals surface area contributed by atoms with Crippen molar-refractivity contribution in [1.82, 2.24) is 10.6 Å². The van der Waals surface area contributed by atoms with Crippen LogP contribution in [0.4, 0.5) is 9.18 Å². The Balaban J connectivity index is 1.68. The van der Waals surface area contributed by atoms with Gasteiger partial charge >= 0.3 is 6.03 Å². The standard InChI is InChI=1S/C23H23FN2O2/c1-28-21(19-13-8-14-20(24)15-19)16-25-23(27)26-22(17-9-4-2-5-10-17)18-11-6-3-7-12-18/h2-15,21-22H,16H2,1H3,(H2,25,26,27). The molecule has 3 rings (SSSR count). The van der Waals surface area contributed by atoms with Gasteiger partial charge in [-0.15, -0.1) is 0 Å². The third-order valence-corrected chi connectivity index (χ3v) is 4.49. The number of hydrogen-bond donors (Lipinski definition) is 2. The lowest BCUT2D eigenvalue weighted by molar-refractivity contribution is 0.103. The molecule has 0 saturated heterocycles. The molecule has 3 aromatic rings. The molecular formula is C23H23FN2O2. The Morgan fingerprint density at radius 3 is 2.00 bits per heavy atom. The maximum absolute atomic E-state index is 13.5. The molecule has 1 unspecified atom stereocenters. The molecule has 0 aliphatic heterocycles. The zero-order valence-corrected chi connectivity index (χ0v) is 15.6. The van der Waals surface area contributed by atoms with E-state index in [9.17, 15) is 9.18 Å². The lowest BCUT2D eigenvalue weighted by Crippen LogP contribution is -2.40. The Morgan fingerprint density at radius 1 is 0.893 bits per heavy atom. The molecule has 3 aromatic carbocycles. The summed E-state index contributed by atoms with van der Waals surface area (Å²) in [4.78, 5) is 12.6. The third kappa shape index (κ3) is 5.18. The summed E-state index contributed by atoms with van der Waals surface area (Å²) in [5.74, 6) is -0.336. The van der Waals surface area contributed by atoms with Gasteiger partial charge in [-0.05, 0) is 28.8 Å². The lowest BCUT2D eigenvalue weighted by Gasteiger charge is -2.22. The monoisotopic (exact) mass is 378 g/mol. The molecule has 5 heteroatoms. The summed E-state index contributed by atoms with van der Waals surface area (Å²) < 4.78 is 18.9. The van der Waals surface area contributed by atoms with Gasteiger partial charge in [0.05, 0.1) is 12.1 Å². The first-order valence-electron chi connectivity index (χ1n) is 9.10. The fourth-order valence-corrected chi connectivity index (χ4v) is 3.06. The largest absolute Gasteiger partial charge is 0.375 e. The van der Waals surface area contributed by atoms with Crippen molar-refractivity contribution in [2.75, 3.05) is 13.7 Å². The normalized spacial score (nSPS) is 11.8. The maximum atomic E-state index is 13.5. The summed E-state index contributed by atoms with van der Waals surface area (Å²) in [6, 6.07) is 25.1. The van der Waals surface area contributed by atoms with Gasteiger partial charge in [0, 0.05) is 13.7 Å². The first-order chi connectivity index (χ1) is 13.7. The van der Waals surface area contributed by atoms with E-state index >= 15 is 0 Å². The summed E-state index contributed by atoms with van der Waals surface area (Å²) in [5.41, 5.74) is 2.64. The minimum Gasteiger partial charge on any atom is -0.375 e. The summed E-state index contributed by atoms with van der Waals surface area (Å²) >= 11 is 0. The van der Waals surface area contributed by atoms with E-state index in [-0.39, 0.29) is 24.4 Å². The molecule has 0 spiro atoms. The van der Waals surface area contributed by atoms with Gasteiger partial charge in [-0.3, -0.25) is 0 Å². The predicted octanol–water partition coefficient (Wildman–Crippen LogP) is 4.60. The number of benzene rings is 3. The van der Waals surface area contributed by atoms with Crippen LogP contribution in [-0.2, 0) is 4.74 Å². The second-order valence-electron chi connectivity index (χ2n) is 6.39. The van der Waals surface area contributed by atoms with Crippen molar-refractivity contribution in [3.05, 3.63) is 107 Å². The number of rotatable bonds is 7. The van der Waals surface area contributed by atoms with Gasteiger partial charge < -0.3 is 15.4 Å². The Labute approximate surface area is 164 Å². The van der Waals surface area contributed by atoms with E-state index in [0.717, 1.165) is 11.1 Å². The van der Waals surface area contributed by atoms with Crippen molar-refractivity contribution in [2.45, 2.75) is 12.1 Å². The SMILES string of the molecule is COC(CNC(=O)NC(c1ccccc1)c1ccccc1)c1cccc(F)c1. The van der Waals surface area contributed by atoms with Gasteiger partial charge in [0.25, 0.3) is 0 Å². The van der Waals surface area contributed by atoms with Crippen LogP contribution < -0.4 is 10.6 Å². The summed E-state index contributed by atoms with van der Waals surface area (Å²) in [6.45, 7) is 0.224. The van der Waals surface area contributed by atoms with E-state index in [1.165, 1.54) is 19.2 Å². The number of halogens is 1. The first-order valence-corrected chi connectivity index (χ1v) is 9.10. The summed E-state index contributed by atoms with van der Waals surface area (Å²) in [6.07, 6.45) is -0.437. The predicted molar refractivity (Wildman–Crippen MR) is 107 cm³/mol. The Hall–Kier alpha value is -3.18. The third-order valence-electron chi connectivity index (χ3n) is 4.49. The molecule has 0 aromatic heterocycles. The summed E-state index contributed by atoms with van der Waals surface area (Å²) in [7, 11) is 1.53. The van der Waals surface area contributed by atoms with Gasteiger partial charge in [-0.25, -0.2) is 9.18 Å². The molecule has 2 N–H and O–H groups in total. The van der Waals surface area contributed by atoms with Crippen molar-refractivity contribution in [3.8, 4) is 0 Å². The van der Waals surface area contributed by atoms with Crippen LogP contribution in [0.2, 0.25) is 0 Å². The van der Waals surface area contributed by atoms with Gasteiger partial charge in [0.2, 0.25) is 0 Å². The van der Waals surface area contributed by atoms with Gasteiger partial charge in [-0.1, -0.05) is 72.8 Å². The molecule has 144 valence electrons. The van der Waals surface area contributed by atoms with Crippen LogP contribution in [0.15, 0.2) is 84.9 Å². The quantitative estimate of drug-likeness (QED) is 0.631. The molecule has 0 aliphatic carbocycles. The zero-order chi connectivity index (χ0) is 19.8. The number of carbonyl (C=O) groups excluding carboxylic acids is 1. The maximum Gasteiger partial charge on any atom is 0.315 e. The highest BCUT2D eigenvalue weighted by Gasteiger charge is 2.18. The van der Waals surface area contributed by atoms with Gasteiger partial charge in [-0.2, -0.15) is 0 Å².